The summed E-state index contributed by atoms with van der Waals surface area (Å²) in [5, 5.41) is 50.6. The van der Waals surface area contributed by atoms with Crippen LogP contribution < -0.4 is 11.2 Å². The predicted octanol–water partition coefficient (Wildman–Crippen LogP) is -1.64. The Balaban J connectivity index is 0.00000225. The molecule has 0 amide bonds. The van der Waals surface area contributed by atoms with E-state index >= 15 is 0 Å². The number of aliphatic hydroxyl groups is 3. The van der Waals surface area contributed by atoms with Gasteiger partial charge in [-0.1, -0.05) is 5.16 Å². The maximum atomic E-state index is 10.2. The number of oxime groups is 1. The minimum atomic E-state index is -1.35. The Bertz CT molecular complexity index is 785. The lowest BCUT2D eigenvalue weighted by atomic mass is 10.1. The second kappa shape index (κ2) is 7.35. The van der Waals surface area contributed by atoms with Crippen molar-refractivity contribution in [3.8, 4) is 0 Å². The van der Waals surface area contributed by atoms with Crippen molar-refractivity contribution >= 4 is 35.1 Å². The molecule has 1 saturated heterocycles. The molecule has 1 aliphatic rings. The van der Waals surface area contributed by atoms with Gasteiger partial charge >= 0.3 is 0 Å². The number of nitrogens with zero attached hydrogens (tertiary/aromatic N) is 4. The Kier molecular flexibility index (Phi) is 5.62. The number of anilines is 1. The number of nitrogens with two attached hydrogens (primary N) is 1. The second-order valence-corrected chi connectivity index (χ2v) is 5.20. The highest BCUT2D eigenvalue weighted by atomic mass is 35.5. The van der Waals surface area contributed by atoms with Gasteiger partial charge in [-0.3, -0.25) is 10.7 Å². The Morgan fingerprint density at radius 3 is 2.64 bits per heavy atom. The quantitative estimate of drug-likeness (QED) is 0.141. The smallest absolute Gasteiger partial charge is 0.172 e. The van der Waals surface area contributed by atoms with Crippen LogP contribution in [0.2, 0.25) is 0 Å². The number of rotatable bonds is 4. The molecule has 8 N–H and O–H groups in total. The van der Waals surface area contributed by atoms with Gasteiger partial charge in [-0.2, -0.15) is 0 Å². The summed E-state index contributed by atoms with van der Waals surface area (Å²) in [4.78, 5) is 7.89. The van der Waals surface area contributed by atoms with Crippen molar-refractivity contribution in [2.24, 2.45) is 10.9 Å². The van der Waals surface area contributed by atoms with Crippen LogP contribution in [0.4, 0.5) is 5.82 Å². The zero-order valence-electron chi connectivity index (χ0n) is 12.6. The van der Waals surface area contributed by atoms with E-state index in [1.165, 1.54) is 10.8 Å². The molecule has 12 nitrogen and oxygen atoms in total. The molecule has 3 rings (SSSR count). The molecule has 0 saturated carbocycles. The number of nitrogens with one attached hydrogen (secondary N) is 1. The summed E-state index contributed by atoms with van der Waals surface area (Å²) >= 11 is 0. The van der Waals surface area contributed by atoms with Crippen molar-refractivity contribution < 1.29 is 30.5 Å². The zero-order valence-corrected chi connectivity index (χ0v) is 13.4. The number of halogens is 1. The predicted molar refractivity (Wildman–Crippen MR) is 85.7 cm³/mol. The number of ether oxygens (including phenoxy) is 1. The van der Waals surface area contributed by atoms with Crippen LogP contribution in [0.3, 0.4) is 0 Å². The highest BCUT2D eigenvalue weighted by Gasteiger charge is 2.44. The van der Waals surface area contributed by atoms with Gasteiger partial charge in [0.25, 0.3) is 0 Å². The van der Waals surface area contributed by atoms with Gasteiger partial charge in [0.15, 0.2) is 17.9 Å². The number of aliphatic hydroxyl groups excluding tert-OH is 3. The molecule has 0 bridgehead atoms. The number of hydrogen-bond donors (Lipinski definition) is 7. The average molecular weight is 377 g/mol. The summed E-state index contributed by atoms with van der Waals surface area (Å²) in [5.74, 6) is -0.288. The summed E-state index contributed by atoms with van der Waals surface area (Å²) in [7, 11) is 0. The normalized spacial score (nSPS) is 26.6. The van der Waals surface area contributed by atoms with Crippen molar-refractivity contribution in [3.63, 3.8) is 0 Å². The zero-order chi connectivity index (χ0) is 17.4. The largest absolute Gasteiger partial charge is 0.409 e. The van der Waals surface area contributed by atoms with Crippen molar-refractivity contribution in [2.45, 2.75) is 24.5 Å². The molecular weight excluding hydrogens is 360 g/mol. The van der Waals surface area contributed by atoms with Gasteiger partial charge in [0.1, 0.15) is 30.3 Å². The topological polar surface area (TPSA) is 192 Å². The Hall–Kier alpha value is -2.22. The monoisotopic (exact) mass is 376 g/mol. The maximum Gasteiger partial charge on any atom is 0.172 e. The van der Waals surface area contributed by atoms with Crippen molar-refractivity contribution in [1.82, 2.24) is 14.5 Å². The van der Waals surface area contributed by atoms with Gasteiger partial charge in [0.05, 0.1) is 17.6 Å². The third-order valence-electron chi connectivity index (χ3n) is 3.89. The van der Waals surface area contributed by atoms with Crippen molar-refractivity contribution in [2.75, 3.05) is 12.1 Å². The molecule has 1 fully saturated rings. The van der Waals surface area contributed by atoms with Crippen LogP contribution in [0.15, 0.2) is 17.7 Å². The maximum absolute atomic E-state index is 10.2. The second-order valence-electron chi connectivity index (χ2n) is 5.20. The lowest BCUT2D eigenvalue weighted by Crippen LogP contribution is -2.33. The van der Waals surface area contributed by atoms with Crippen molar-refractivity contribution in [3.05, 3.63) is 18.1 Å². The molecule has 0 radical (unpaired) electrons. The van der Waals surface area contributed by atoms with Crippen LogP contribution in [0.1, 0.15) is 11.8 Å². The van der Waals surface area contributed by atoms with Crippen LogP contribution >= 0.6 is 12.4 Å². The minimum Gasteiger partial charge on any atom is -0.409 e. The molecule has 138 valence electrons. The summed E-state index contributed by atoms with van der Waals surface area (Å²) in [6.45, 7) is -0.487. The van der Waals surface area contributed by atoms with Gasteiger partial charge in [-0.05, 0) is 0 Å². The van der Waals surface area contributed by atoms with Crippen molar-refractivity contribution in [1.29, 1.82) is 0 Å². The summed E-state index contributed by atoms with van der Waals surface area (Å²) in [5.41, 5.74) is 7.89. The standard InChI is InChI=1S/C12H16N6O6.ClH/c13-9(16-22)4-1-18(11-6(4)10(17-23)14-3-15-11)12-8(21)7(20)5(2-19)24-12;/h1,3,5,7-8,12,19-23H,2H2,(H2,13,16)(H,14,15,17);1H/t5-,7-,8-,12-;/m1./s1. The molecule has 3 heterocycles. The first-order valence-electron chi connectivity index (χ1n) is 6.89. The molecule has 0 unspecified atom stereocenters. The highest BCUT2D eigenvalue weighted by molar-refractivity contribution is 6.11. The molecular formula is C12H17ClN6O6. The molecule has 0 aliphatic carbocycles. The first kappa shape index (κ1) is 19.1. The van der Waals surface area contributed by atoms with Gasteiger partial charge in [-0.25, -0.2) is 9.97 Å². The average Bonchev–Trinajstić information content (AvgIpc) is 3.12. The number of hydrogen-bond acceptors (Lipinski definition) is 10. The van der Waals surface area contributed by atoms with E-state index in [9.17, 15) is 20.5 Å². The van der Waals surface area contributed by atoms with E-state index < -0.39 is 31.1 Å². The lowest BCUT2D eigenvalue weighted by molar-refractivity contribution is -0.0508. The fourth-order valence-corrected chi connectivity index (χ4v) is 2.72. The van der Waals surface area contributed by atoms with Crippen LogP contribution in [0.5, 0.6) is 0 Å². The SMILES string of the molecule is Cl.NC(=NO)c1cn([C@@H]2O[C@H](CO)[C@@H](O)[C@H]2O)c2ncnc(NO)c12. The van der Waals surface area contributed by atoms with E-state index in [1.54, 1.807) is 0 Å². The van der Waals surface area contributed by atoms with Crippen LogP contribution in [-0.2, 0) is 4.74 Å². The lowest BCUT2D eigenvalue weighted by Gasteiger charge is -2.17. The Morgan fingerprint density at radius 1 is 1.36 bits per heavy atom. The summed E-state index contributed by atoms with van der Waals surface area (Å²) in [6, 6.07) is 0. The summed E-state index contributed by atoms with van der Waals surface area (Å²) in [6.07, 6.45) is -2.20. The summed E-state index contributed by atoms with van der Waals surface area (Å²) < 4.78 is 6.80. The fourth-order valence-electron chi connectivity index (χ4n) is 2.72. The van der Waals surface area contributed by atoms with E-state index in [1.807, 2.05) is 5.48 Å². The van der Waals surface area contributed by atoms with Gasteiger partial charge < -0.3 is 35.6 Å². The van der Waals surface area contributed by atoms with E-state index in [0.29, 0.717) is 0 Å². The van der Waals surface area contributed by atoms with E-state index in [2.05, 4.69) is 15.1 Å². The number of fused-ring (bicyclic) bond motifs is 1. The van der Waals surface area contributed by atoms with Gasteiger partial charge in [0, 0.05) is 6.20 Å². The molecule has 1 aliphatic heterocycles. The van der Waals surface area contributed by atoms with E-state index in [4.69, 9.17) is 15.7 Å². The molecule has 0 spiro atoms. The number of amidine groups is 1. The molecule has 2 aromatic heterocycles. The first-order valence-corrected chi connectivity index (χ1v) is 6.89. The minimum absolute atomic E-state index is 0. The van der Waals surface area contributed by atoms with E-state index in [0.717, 1.165) is 6.33 Å². The molecule has 25 heavy (non-hydrogen) atoms. The molecule has 4 atom stereocenters. The Morgan fingerprint density at radius 2 is 2.08 bits per heavy atom. The van der Waals surface area contributed by atoms with Crippen LogP contribution in [0, 0.1) is 0 Å². The van der Waals surface area contributed by atoms with Crippen LogP contribution in [-0.4, -0.2) is 71.0 Å². The molecule has 0 aromatic carbocycles. The molecule has 2 aromatic rings. The highest BCUT2D eigenvalue weighted by Crippen LogP contribution is 2.34. The van der Waals surface area contributed by atoms with E-state index in [-0.39, 0.29) is 40.7 Å². The number of aromatic nitrogens is 3. The third-order valence-corrected chi connectivity index (χ3v) is 3.89. The van der Waals surface area contributed by atoms with Gasteiger partial charge in [-0.15, -0.1) is 12.4 Å². The molecule has 13 heteroatoms. The van der Waals surface area contributed by atoms with Crippen LogP contribution in [0.25, 0.3) is 11.0 Å². The van der Waals surface area contributed by atoms with Gasteiger partial charge in [0.2, 0.25) is 0 Å². The fraction of sp³-hybridized carbons (Fsp3) is 0.417. The first-order chi connectivity index (χ1) is 11.5. The third kappa shape index (κ3) is 2.95. The Labute approximate surface area is 146 Å².